The predicted molar refractivity (Wildman–Crippen MR) is 282 cm³/mol. The number of hydrogen-bond donors (Lipinski definition) is 0. The molecule has 0 spiro atoms. The highest BCUT2D eigenvalue weighted by Crippen LogP contribution is 2.52. The van der Waals surface area contributed by atoms with E-state index >= 15 is 0 Å². The minimum atomic E-state index is -0.262. The molecule has 1 aliphatic carbocycles. The zero-order chi connectivity index (χ0) is 44.6. The van der Waals surface area contributed by atoms with Crippen molar-refractivity contribution in [3.63, 3.8) is 0 Å². The molecule has 0 saturated carbocycles. The van der Waals surface area contributed by atoms with E-state index in [-0.39, 0.29) is 5.41 Å². The van der Waals surface area contributed by atoms with Crippen LogP contribution in [0.3, 0.4) is 0 Å². The molecule has 0 atom stereocenters. The van der Waals surface area contributed by atoms with Crippen LogP contribution in [0.4, 0.5) is 34.1 Å². The SMILES string of the molecule is CC1(C)c2cc(N(c3ccccc3)c3ccc(-n4c5ccccc5c5ccccc54)cc3)ccc2-c2ccc(N(c3ccccc3)c3ccc(-n4c5ccccc5c5ccccc54)cc3)cc21. The number of nitrogens with zero attached hydrogens (tertiary/aromatic N) is 4. The van der Waals surface area contributed by atoms with Gasteiger partial charge in [0.25, 0.3) is 0 Å². The number of benzene rings is 10. The summed E-state index contributed by atoms with van der Waals surface area (Å²) in [4.78, 5) is 4.78. The predicted octanol–water partition coefficient (Wildman–Crippen LogP) is 17.1. The maximum Gasteiger partial charge on any atom is 0.0541 e. The second kappa shape index (κ2) is 15.3. The van der Waals surface area contributed by atoms with Crippen LogP contribution in [0.2, 0.25) is 0 Å². The standard InChI is InChI=1S/C63H46N4/c1-63(2)57-41-49(64(43-17-5-3-6-18-43)45-29-33-47(34-30-45)66-59-25-13-9-21-53(59)54-22-10-14-26-60(54)66)37-39-51(57)52-40-38-50(42-58(52)63)65(44-19-7-4-8-20-44)46-31-35-48(36-32-46)67-61-27-15-11-23-55(61)56-24-12-16-28-62(56)67/h3-42H,1-2H3. The van der Waals surface area contributed by atoms with Crippen LogP contribution in [-0.2, 0) is 5.41 Å². The van der Waals surface area contributed by atoms with Gasteiger partial charge in [-0.25, -0.2) is 0 Å². The van der Waals surface area contributed by atoms with Crippen molar-refractivity contribution in [1.82, 2.24) is 9.13 Å². The van der Waals surface area contributed by atoms with Gasteiger partial charge in [-0.2, -0.15) is 0 Å². The van der Waals surface area contributed by atoms with E-state index in [0.717, 1.165) is 45.5 Å². The average molecular weight is 859 g/mol. The minimum Gasteiger partial charge on any atom is -0.310 e. The molecule has 0 saturated heterocycles. The number of para-hydroxylation sites is 6. The van der Waals surface area contributed by atoms with E-state index < -0.39 is 0 Å². The topological polar surface area (TPSA) is 16.3 Å². The summed E-state index contributed by atoms with van der Waals surface area (Å²) >= 11 is 0. The lowest BCUT2D eigenvalue weighted by atomic mass is 9.82. The van der Waals surface area contributed by atoms with Gasteiger partial charge in [0.1, 0.15) is 0 Å². The minimum absolute atomic E-state index is 0.262. The molecule has 12 aromatic rings. The van der Waals surface area contributed by atoms with Crippen LogP contribution in [0.15, 0.2) is 243 Å². The summed E-state index contributed by atoms with van der Waals surface area (Å²) in [5.41, 5.74) is 18.8. The molecule has 0 fully saturated rings. The van der Waals surface area contributed by atoms with Gasteiger partial charge in [-0.15, -0.1) is 0 Å². The van der Waals surface area contributed by atoms with Crippen LogP contribution in [0.25, 0.3) is 66.1 Å². The molecular formula is C63H46N4. The van der Waals surface area contributed by atoms with Gasteiger partial charge in [0.2, 0.25) is 0 Å². The van der Waals surface area contributed by atoms with E-state index in [0.29, 0.717) is 0 Å². The van der Waals surface area contributed by atoms with E-state index in [1.165, 1.54) is 65.9 Å². The normalized spacial score (nSPS) is 12.7. The average Bonchev–Trinajstić information content (AvgIpc) is 3.98. The third kappa shape index (κ3) is 6.14. The second-order valence-electron chi connectivity index (χ2n) is 18.2. The van der Waals surface area contributed by atoms with E-state index in [9.17, 15) is 0 Å². The maximum absolute atomic E-state index is 2.42. The maximum atomic E-state index is 2.42. The lowest BCUT2D eigenvalue weighted by Crippen LogP contribution is -2.17. The number of anilines is 6. The summed E-state index contributed by atoms with van der Waals surface area (Å²) in [5.74, 6) is 0. The fourth-order valence-corrected chi connectivity index (χ4v) is 10.9. The first-order chi connectivity index (χ1) is 33.0. The molecule has 2 heterocycles. The molecule has 0 aliphatic heterocycles. The molecule has 4 nitrogen and oxygen atoms in total. The second-order valence-corrected chi connectivity index (χ2v) is 18.2. The van der Waals surface area contributed by atoms with Crippen molar-refractivity contribution in [3.05, 3.63) is 254 Å². The molecular weight excluding hydrogens is 813 g/mol. The number of fused-ring (bicyclic) bond motifs is 9. The Labute approximate surface area is 390 Å². The van der Waals surface area contributed by atoms with Crippen LogP contribution < -0.4 is 9.80 Å². The van der Waals surface area contributed by atoms with Crippen LogP contribution >= 0.6 is 0 Å². The highest BCUT2D eigenvalue weighted by molar-refractivity contribution is 6.10. The summed E-state index contributed by atoms with van der Waals surface area (Å²) < 4.78 is 4.76. The monoisotopic (exact) mass is 858 g/mol. The Hall–Kier alpha value is -8.60. The highest BCUT2D eigenvalue weighted by Gasteiger charge is 2.37. The molecule has 0 N–H and O–H groups in total. The van der Waals surface area contributed by atoms with Crippen LogP contribution in [0, 0.1) is 0 Å². The van der Waals surface area contributed by atoms with Crippen molar-refractivity contribution in [1.29, 1.82) is 0 Å². The van der Waals surface area contributed by atoms with Gasteiger partial charge < -0.3 is 18.9 Å². The highest BCUT2D eigenvalue weighted by atomic mass is 15.1. The van der Waals surface area contributed by atoms with Gasteiger partial charge in [-0.1, -0.05) is 135 Å². The first kappa shape index (κ1) is 38.8. The molecule has 67 heavy (non-hydrogen) atoms. The third-order valence-electron chi connectivity index (χ3n) is 14.1. The number of hydrogen-bond acceptors (Lipinski definition) is 2. The summed E-state index contributed by atoms with van der Waals surface area (Å²) in [6.07, 6.45) is 0. The molecule has 318 valence electrons. The van der Waals surface area contributed by atoms with Gasteiger partial charge in [0, 0.05) is 72.5 Å². The third-order valence-corrected chi connectivity index (χ3v) is 14.1. The van der Waals surface area contributed by atoms with Crippen molar-refractivity contribution in [2.75, 3.05) is 9.80 Å². The molecule has 2 aromatic heterocycles. The summed E-state index contributed by atoms with van der Waals surface area (Å²) in [7, 11) is 0. The van der Waals surface area contributed by atoms with E-state index in [1.54, 1.807) is 0 Å². The van der Waals surface area contributed by atoms with Crippen molar-refractivity contribution >= 4 is 77.7 Å². The Morgan fingerprint density at radius 1 is 0.284 bits per heavy atom. The lowest BCUT2D eigenvalue weighted by Gasteiger charge is -2.29. The van der Waals surface area contributed by atoms with Crippen LogP contribution in [-0.4, -0.2) is 9.13 Å². The number of rotatable bonds is 8. The Balaban J connectivity index is 0.872. The fourth-order valence-electron chi connectivity index (χ4n) is 10.9. The Morgan fingerprint density at radius 2 is 0.567 bits per heavy atom. The van der Waals surface area contributed by atoms with Gasteiger partial charge in [0.05, 0.1) is 22.1 Å². The zero-order valence-corrected chi connectivity index (χ0v) is 37.4. The largest absolute Gasteiger partial charge is 0.310 e. The molecule has 0 amide bonds. The number of aromatic nitrogens is 2. The van der Waals surface area contributed by atoms with E-state index in [1.807, 2.05) is 0 Å². The first-order valence-corrected chi connectivity index (χ1v) is 23.2. The van der Waals surface area contributed by atoms with Crippen LogP contribution in [0.5, 0.6) is 0 Å². The van der Waals surface area contributed by atoms with Gasteiger partial charge in [-0.3, -0.25) is 0 Å². The molecule has 10 aromatic carbocycles. The van der Waals surface area contributed by atoms with Crippen molar-refractivity contribution < 1.29 is 0 Å². The summed E-state index contributed by atoms with van der Waals surface area (Å²) in [5, 5.41) is 5.06. The van der Waals surface area contributed by atoms with Gasteiger partial charge in [0.15, 0.2) is 0 Å². The van der Waals surface area contributed by atoms with Crippen molar-refractivity contribution in [3.8, 4) is 22.5 Å². The molecule has 0 unspecified atom stereocenters. The van der Waals surface area contributed by atoms with Crippen molar-refractivity contribution in [2.45, 2.75) is 19.3 Å². The summed E-state index contributed by atoms with van der Waals surface area (Å²) in [6, 6.07) is 88.5. The Morgan fingerprint density at radius 3 is 0.910 bits per heavy atom. The Kier molecular flexibility index (Phi) is 8.84. The zero-order valence-electron chi connectivity index (χ0n) is 37.4. The smallest absolute Gasteiger partial charge is 0.0541 e. The first-order valence-electron chi connectivity index (χ1n) is 23.2. The lowest BCUT2D eigenvalue weighted by molar-refractivity contribution is 0.660. The fraction of sp³-hybridized carbons (Fsp3) is 0.0476. The van der Waals surface area contributed by atoms with E-state index in [2.05, 4.69) is 275 Å². The van der Waals surface area contributed by atoms with Gasteiger partial charge in [-0.05, 0) is 144 Å². The molecule has 1 aliphatic rings. The molecule has 0 radical (unpaired) electrons. The molecule has 0 bridgehead atoms. The van der Waals surface area contributed by atoms with Crippen LogP contribution in [0.1, 0.15) is 25.0 Å². The molecule has 4 heteroatoms. The van der Waals surface area contributed by atoms with Gasteiger partial charge >= 0.3 is 0 Å². The Bertz CT molecular complexity index is 3460. The molecule has 13 rings (SSSR count). The summed E-state index contributed by atoms with van der Waals surface area (Å²) in [6.45, 7) is 4.76. The van der Waals surface area contributed by atoms with E-state index in [4.69, 9.17) is 0 Å². The quantitative estimate of drug-likeness (QED) is 0.151. The van der Waals surface area contributed by atoms with Crippen molar-refractivity contribution in [2.24, 2.45) is 0 Å².